The fourth-order valence-electron chi connectivity index (χ4n) is 3.06. The van der Waals surface area contributed by atoms with Crippen molar-refractivity contribution in [2.75, 3.05) is 7.11 Å². The van der Waals surface area contributed by atoms with E-state index in [1.165, 1.54) is 26.2 Å². The van der Waals surface area contributed by atoms with Crippen molar-refractivity contribution >= 4 is 34.0 Å². The van der Waals surface area contributed by atoms with Crippen molar-refractivity contribution in [3.63, 3.8) is 0 Å². The van der Waals surface area contributed by atoms with Crippen LogP contribution < -0.4 is 4.74 Å². The summed E-state index contributed by atoms with van der Waals surface area (Å²) >= 11 is 6.08. The van der Waals surface area contributed by atoms with Crippen molar-refractivity contribution in [2.24, 2.45) is 0 Å². The third-order valence-electron chi connectivity index (χ3n) is 4.25. The van der Waals surface area contributed by atoms with E-state index in [9.17, 15) is 18.0 Å². The minimum absolute atomic E-state index is 0.243. The molecule has 0 unspecified atom stereocenters. The van der Waals surface area contributed by atoms with Gasteiger partial charge in [-0.25, -0.2) is 0 Å². The summed E-state index contributed by atoms with van der Waals surface area (Å²) in [6.45, 7) is 4.43. The van der Waals surface area contributed by atoms with Gasteiger partial charge in [0.15, 0.2) is 0 Å². The number of benzene rings is 2. The molecule has 0 spiro atoms. The first kappa shape index (κ1) is 19.0. The maximum atomic E-state index is 13.5. The highest BCUT2D eigenvalue weighted by Gasteiger charge is 2.38. The summed E-state index contributed by atoms with van der Waals surface area (Å²) in [5, 5.41) is 0.783. The second-order valence-electron chi connectivity index (χ2n) is 5.94. The maximum absolute atomic E-state index is 13.5. The number of hydrogen-bond acceptors (Lipinski definition) is 2. The molecule has 0 aliphatic carbocycles. The highest BCUT2D eigenvalue weighted by Crippen LogP contribution is 2.44. The van der Waals surface area contributed by atoms with Crippen molar-refractivity contribution in [2.45, 2.75) is 13.1 Å². The van der Waals surface area contributed by atoms with Gasteiger partial charge in [0.05, 0.1) is 23.9 Å². The second-order valence-corrected chi connectivity index (χ2v) is 6.38. The minimum Gasteiger partial charge on any atom is -0.497 e. The molecule has 0 amide bonds. The summed E-state index contributed by atoms with van der Waals surface area (Å²) in [6, 6.07) is 11.1. The molecule has 0 N–H and O–H groups in total. The number of alkyl halides is 3. The number of rotatable bonds is 3. The van der Waals surface area contributed by atoms with E-state index in [0.717, 1.165) is 4.57 Å². The molecule has 1 aromatic heterocycles. The second kappa shape index (κ2) is 6.78. The molecule has 3 nitrogen and oxygen atoms in total. The van der Waals surface area contributed by atoms with Crippen molar-refractivity contribution in [3.05, 3.63) is 59.8 Å². The number of hydrogen-bond donors (Lipinski definition) is 0. The zero-order chi connectivity index (χ0) is 19.9. The Hall–Kier alpha value is -2.73. The van der Waals surface area contributed by atoms with Crippen LogP contribution in [-0.4, -0.2) is 23.8 Å². The van der Waals surface area contributed by atoms with Crippen molar-refractivity contribution in [1.82, 2.24) is 4.57 Å². The fraction of sp³-hybridized carbons (Fsp3) is 0.150. The first-order valence-electron chi connectivity index (χ1n) is 7.91. The van der Waals surface area contributed by atoms with Gasteiger partial charge in [0.1, 0.15) is 5.75 Å². The SMILES string of the molecule is C=C(c1c(-c2ccc(OC)cc2)c2cc(Cl)ccc2n1C(C)=O)C(F)(F)F. The van der Waals surface area contributed by atoms with Gasteiger partial charge in [-0.1, -0.05) is 30.3 Å². The predicted molar refractivity (Wildman–Crippen MR) is 100 cm³/mol. The van der Waals surface area contributed by atoms with Gasteiger partial charge in [0.25, 0.3) is 0 Å². The molecule has 0 aliphatic rings. The number of allylic oxidation sites excluding steroid dienone is 1. The van der Waals surface area contributed by atoms with Crippen molar-refractivity contribution in [3.8, 4) is 16.9 Å². The summed E-state index contributed by atoms with van der Waals surface area (Å²) in [7, 11) is 1.49. The Morgan fingerprint density at radius 2 is 1.78 bits per heavy atom. The van der Waals surface area contributed by atoms with Gasteiger partial charge in [0.2, 0.25) is 5.91 Å². The van der Waals surface area contributed by atoms with E-state index in [1.807, 2.05) is 0 Å². The minimum atomic E-state index is -4.70. The topological polar surface area (TPSA) is 31.2 Å². The van der Waals surface area contributed by atoms with E-state index in [0.29, 0.717) is 27.2 Å². The van der Waals surface area contributed by atoms with Crippen LogP contribution in [0.3, 0.4) is 0 Å². The Kier molecular flexibility index (Phi) is 4.78. The molecule has 3 aromatic rings. The molecule has 0 saturated heterocycles. The fourth-order valence-corrected chi connectivity index (χ4v) is 3.23. The Labute approximate surface area is 158 Å². The van der Waals surface area contributed by atoms with Gasteiger partial charge in [-0.2, -0.15) is 13.2 Å². The quantitative estimate of drug-likeness (QED) is 0.530. The highest BCUT2D eigenvalue weighted by atomic mass is 35.5. The molecular formula is C20H15ClF3NO2. The molecule has 2 aromatic carbocycles. The van der Waals surface area contributed by atoms with E-state index >= 15 is 0 Å². The van der Waals surface area contributed by atoms with Crippen molar-refractivity contribution < 1.29 is 22.7 Å². The number of carbonyl (C=O) groups is 1. The van der Waals surface area contributed by atoms with E-state index in [-0.39, 0.29) is 11.3 Å². The zero-order valence-electron chi connectivity index (χ0n) is 14.5. The molecule has 0 bridgehead atoms. The van der Waals surface area contributed by atoms with Crippen LogP contribution in [0.2, 0.25) is 5.02 Å². The van der Waals surface area contributed by atoms with Crippen LogP contribution >= 0.6 is 11.6 Å². The molecule has 140 valence electrons. The molecule has 0 aliphatic heterocycles. The van der Waals surface area contributed by atoms with Crippen LogP contribution in [0.25, 0.3) is 27.6 Å². The summed E-state index contributed by atoms with van der Waals surface area (Å²) in [5.41, 5.74) is -0.331. The first-order valence-corrected chi connectivity index (χ1v) is 8.28. The Balaban J connectivity index is 2.46. The molecule has 27 heavy (non-hydrogen) atoms. The molecule has 0 radical (unpaired) electrons. The van der Waals surface area contributed by atoms with Gasteiger partial charge in [-0.05, 0) is 35.9 Å². The van der Waals surface area contributed by atoms with Crippen LogP contribution in [0.4, 0.5) is 13.2 Å². The summed E-state index contributed by atoms with van der Waals surface area (Å²) in [6.07, 6.45) is -4.70. The first-order chi connectivity index (χ1) is 12.6. The van der Waals surface area contributed by atoms with Gasteiger partial charge in [0, 0.05) is 22.9 Å². The number of halogens is 4. The average molecular weight is 394 g/mol. The largest absolute Gasteiger partial charge is 0.497 e. The summed E-state index contributed by atoms with van der Waals surface area (Å²) < 4.78 is 46.7. The smallest absolute Gasteiger partial charge is 0.417 e. The summed E-state index contributed by atoms with van der Waals surface area (Å²) in [5.74, 6) is 0.00534. The molecular weight excluding hydrogens is 379 g/mol. The molecule has 0 fully saturated rings. The maximum Gasteiger partial charge on any atom is 0.417 e. The predicted octanol–water partition coefficient (Wildman–Crippen LogP) is 6.21. The normalized spacial score (nSPS) is 11.6. The van der Waals surface area contributed by atoms with E-state index < -0.39 is 17.7 Å². The molecule has 0 atom stereocenters. The van der Waals surface area contributed by atoms with E-state index in [4.69, 9.17) is 16.3 Å². The third kappa shape index (κ3) is 3.32. The molecule has 1 heterocycles. The number of nitrogens with zero attached hydrogens (tertiary/aromatic N) is 1. The lowest BCUT2D eigenvalue weighted by atomic mass is 9.98. The Morgan fingerprint density at radius 3 is 2.30 bits per heavy atom. The number of ether oxygens (including phenoxy) is 1. The number of methoxy groups -OCH3 is 1. The van der Waals surface area contributed by atoms with Crippen LogP contribution in [0.5, 0.6) is 5.75 Å². The van der Waals surface area contributed by atoms with Crippen LogP contribution in [0, 0.1) is 0 Å². The average Bonchev–Trinajstić information content (AvgIpc) is 2.94. The molecule has 3 rings (SSSR count). The Bertz CT molecular complexity index is 1050. The number of fused-ring (bicyclic) bond motifs is 1. The van der Waals surface area contributed by atoms with Gasteiger partial charge >= 0.3 is 6.18 Å². The lowest BCUT2D eigenvalue weighted by molar-refractivity contribution is -0.0689. The van der Waals surface area contributed by atoms with Gasteiger partial charge in [-0.15, -0.1) is 0 Å². The molecule has 7 heteroatoms. The number of carbonyl (C=O) groups excluding carboxylic acids is 1. The van der Waals surface area contributed by atoms with Crippen LogP contribution in [0.1, 0.15) is 17.4 Å². The van der Waals surface area contributed by atoms with Gasteiger partial charge in [-0.3, -0.25) is 9.36 Å². The van der Waals surface area contributed by atoms with E-state index in [1.54, 1.807) is 30.3 Å². The standard InChI is InChI=1S/C20H15ClF3NO2/c1-11(20(22,23)24)19-18(13-4-7-15(27-3)8-5-13)16-10-14(21)6-9-17(16)25(19)12(2)26/h4-10H,1H2,2-3H3. The van der Waals surface area contributed by atoms with E-state index in [2.05, 4.69) is 6.58 Å². The lowest BCUT2D eigenvalue weighted by Gasteiger charge is -2.15. The van der Waals surface area contributed by atoms with Crippen LogP contribution in [-0.2, 0) is 0 Å². The monoisotopic (exact) mass is 393 g/mol. The Morgan fingerprint density at radius 1 is 1.15 bits per heavy atom. The number of aromatic nitrogens is 1. The molecule has 0 saturated carbocycles. The lowest BCUT2D eigenvalue weighted by Crippen LogP contribution is -2.17. The van der Waals surface area contributed by atoms with Crippen molar-refractivity contribution in [1.29, 1.82) is 0 Å². The van der Waals surface area contributed by atoms with Crippen LogP contribution in [0.15, 0.2) is 49.0 Å². The zero-order valence-corrected chi connectivity index (χ0v) is 15.3. The summed E-state index contributed by atoms with van der Waals surface area (Å²) in [4.78, 5) is 12.2. The van der Waals surface area contributed by atoms with Gasteiger partial charge < -0.3 is 4.74 Å². The highest BCUT2D eigenvalue weighted by molar-refractivity contribution is 6.31. The third-order valence-corrected chi connectivity index (χ3v) is 4.49.